The Labute approximate surface area is 120 Å². The Morgan fingerprint density at radius 3 is 2.60 bits per heavy atom. The molecule has 0 saturated heterocycles. The van der Waals surface area contributed by atoms with E-state index in [-0.39, 0.29) is 5.54 Å². The molecule has 1 aromatic carbocycles. The Morgan fingerprint density at radius 1 is 0.950 bits per heavy atom. The van der Waals surface area contributed by atoms with Crippen molar-refractivity contribution in [1.29, 1.82) is 0 Å². The quantitative estimate of drug-likeness (QED) is 0.758. The van der Waals surface area contributed by atoms with Gasteiger partial charge in [0.15, 0.2) is 5.78 Å². The predicted octanol–water partition coefficient (Wildman–Crippen LogP) is 4.32. The SMILES string of the molecule is O=C1CCCC2=C1C1(CCCCC1)Nc1ccccc12. The number of para-hydroxylation sites is 1. The standard InChI is InChI=1S/C18H21NO/c20-16-10-6-8-14-13-7-2-3-9-15(13)19-18(17(14)16)11-4-1-5-12-18/h2-3,7,9,19H,1,4-6,8,10-12H2. The van der Waals surface area contributed by atoms with Crippen LogP contribution < -0.4 is 5.32 Å². The van der Waals surface area contributed by atoms with E-state index in [4.69, 9.17) is 0 Å². The molecule has 2 nitrogen and oxygen atoms in total. The third-order valence-corrected chi connectivity index (χ3v) is 5.22. The molecule has 0 aromatic heterocycles. The van der Waals surface area contributed by atoms with Gasteiger partial charge >= 0.3 is 0 Å². The minimum absolute atomic E-state index is 0.0561. The van der Waals surface area contributed by atoms with Crippen LogP contribution in [-0.2, 0) is 4.79 Å². The summed E-state index contributed by atoms with van der Waals surface area (Å²) in [6.45, 7) is 0. The van der Waals surface area contributed by atoms with E-state index < -0.39 is 0 Å². The van der Waals surface area contributed by atoms with Gasteiger partial charge in [0.2, 0.25) is 0 Å². The molecule has 0 bridgehead atoms. The maximum absolute atomic E-state index is 12.6. The van der Waals surface area contributed by atoms with Gasteiger partial charge in [-0.2, -0.15) is 0 Å². The summed E-state index contributed by atoms with van der Waals surface area (Å²) in [5, 5.41) is 3.76. The molecular weight excluding hydrogens is 246 g/mol. The molecule has 1 N–H and O–H groups in total. The van der Waals surface area contributed by atoms with E-state index in [0.717, 1.165) is 37.7 Å². The number of allylic oxidation sites excluding steroid dienone is 1. The zero-order chi connectivity index (χ0) is 13.6. The number of ketones is 1. The first-order valence-electron chi connectivity index (χ1n) is 7.95. The highest BCUT2D eigenvalue weighted by molar-refractivity contribution is 6.09. The largest absolute Gasteiger partial charge is 0.375 e. The van der Waals surface area contributed by atoms with Crippen LogP contribution in [0.2, 0.25) is 0 Å². The van der Waals surface area contributed by atoms with Gasteiger partial charge in [0.25, 0.3) is 0 Å². The van der Waals surface area contributed by atoms with E-state index in [1.807, 2.05) is 0 Å². The summed E-state index contributed by atoms with van der Waals surface area (Å²) in [4.78, 5) is 12.6. The van der Waals surface area contributed by atoms with Crippen molar-refractivity contribution in [1.82, 2.24) is 0 Å². The van der Waals surface area contributed by atoms with Gasteiger partial charge in [-0.25, -0.2) is 0 Å². The number of hydrogen-bond donors (Lipinski definition) is 1. The summed E-state index contributed by atoms with van der Waals surface area (Å²) >= 11 is 0. The fourth-order valence-corrected chi connectivity index (χ4v) is 4.37. The van der Waals surface area contributed by atoms with Crippen LogP contribution >= 0.6 is 0 Å². The molecule has 1 spiro atoms. The number of benzene rings is 1. The molecule has 1 heterocycles. The van der Waals surface area contributed by atoms with Gasteiger partial charge in [-0.1, -0.05) is 37.5 Å². The van der Waals surface area contributed by atoms with E-state index in [2.05, 4.69) is 29.6 Å². The first kappa shape index (κ1) is 12.2. The van der Waals surface area contributed by atoms with Gasteiger partial charge in [0.05, 0.1) is 5.54 Å². The Balaban J connectivity index is 1.93. The number of nitrogens with one attached hydrogen (secondary N) is 1. The maximum Gasteiger partial charge on any atom is 0.161 e. The van der Waals surface area contributed by atoms with E-state index in [0.29, 0.717) is 5.78 Å². The van der Waals surface area contributed by atoms with Gasteiger partial charge in [0, 0.05) is 23.2 Å². The van der Waals surface area contributed by atoms with Crippen LogP contribution in [0.25, 0.3) is 5.57 Å². The highest BCUT2D eigenvalue weighted by Crippen LogP contribution is 2.49. The predicted molar refractivity (Wildman–Crippen MR) is 81.7 cm³/mol. The van der Waals surface area contributed by atoms with Crippen molar-refractivity contribution in [3.05, 3.63) is 35.4 Å². The van der Waals surface area contributed by atoms with Crippen LogP contribution in [0.5, 0.6) is 0 Å². The number of rotatable bonds is 0. The molecule has 4 rings (SSSR count). The molecule has 3 aliphatic rings. The monoisotopic (exact) mass is 267 g/mol. The summed E-state index contributed by atoms with van der Waals surface area (Å²) < 4.78 is 0. The zero-order valence-electron chi connectivity index (χ0n) is 11.9. The Bertz CT molecular complexity index is 593. The normalized spacial score (nSPS) is 24.1. The van der Waals surface area contributed by atoms with Gasteiger partial charge < -0.3 is 5.32 Å². The molecule has 2 heteroatoms. The van der Waals surface area contributed by atoms with E-state index in [9.17, 15) is 4.79 Å². The fraction of sp³-hybridized carbons (Fsp3) is 0.500. The van der Waals surface area contributed by atoms with Crippen molar-refractivity contribution in [2.24, 2.45) is 0 Å². The maximum atomic E-state index is 12.6. The lowest BCUT2D eigenvalue weighted by Crippen LogP contribution is -2.48. The lowest BCUT2D eigenvalue weighted by Gasteiger charge is -2.46. The molecule has 1 aliphatic heterocycles. The number of fused-ring (bicyclic) bond motifs is 3. The first-order valence-corrected chi connectivity index (χ1v) is 7.95. The first-order chi connectivity index (χ1) is 9.80. The van der Waals surface area contributed by atoms with E-state index >= 15 is 0 Å². The van der Waals surface area contributed by atoms with Gasteiger partial charge in [-0.15, -0.1) is 0 Å². The van der Waals surface area contributed by atoms with Crippen molar-refractivity contribution < 1.29 is 4.79 Å². The van der Waals surface area contributed by atoms with E-state index in [1.54, 1.807) is 0 Å². The molecule has 1 saturated carbocycles. The third kappa shape index (κ3) is 1.67. The molecule has 0 unspecified atom stereocenters. The van der Waals surface area contributed by atoms with Crippen molar-refractivity contribution in [3.8, 4) is 0 Å². The topological polar surface area (TPSA) is 29.1 Å². The summed E-state index contributed by atoms with van der Waals surface area (Å²) in [5.74, 6) is 0.398. The Kier molecular flexibility index (Phi) is 2.73. The molecule has 20 heavy (non-hydrogen) atoms. The second-order valence-electron chi connectivity index (χ2n) is 6.44. The number of hydrogen-bond acceptors (Lipinski definition) is 2. The number of anilines is 1. The lowest BCUT2D eigenvalue weighted by molar-refractivity contribution is -0.116. The van der Waals surface area contributed by atoms with Gasteiger partial charge in [0.1, 0.15) is 0 Å². The number of carbonyl (C=O) groups is 1. The molecule has 104 valence electrons. The number of Topliss-reactive ketones (excluding diaryl/α,β-unsaturated/α-hetero) is 1. The van der Waals surface area contributed by atoms with Crippen LogP contribution in [-0.4, -0.2) is 11.3 Å². The van der Waals surface area contributed by atoms with Crippen LogP contribution in [0, 0.1) is 0 Å². The van der Waals surface area contributed by atoms with Crippen molar-refractivity contribution >= 4 is 17.0 Å². The van der Waals surface area contributed by atoms with Crippen LogP contribution in [0.3, 0.4) is 0 Å². The number of carbonyl (C=O) groups excluding carboxylic acids is 1. The average molecular weight is 267 g/mol. The molecule has 1 fully saturated rings. The highest BCUT2D eigenvalue weighted by Gasteiger charge is 2.44. The summed E-state index contributed by atoms with van der Waals surface area (Å²) in [7, 11) is 0. The minimum atomic E-state index is -0.0561. The highest BCUT2D eigenvalue weighted by atomic mass is 16.1. The Hall–Kier alpha value is -1.57. The smallest absolute Gasteiger partial charge is 0.161 e. The Morgan fingerprint density at radius 2 is 1.75 bits per heavy atom. The lowest BCUT2D eigenvalue weighted by atomic mass is 9.67. The van der Waals surface area contributed by atoms with Crippen molar-refractivity contribution in [2.45, 2.75) is 56.9 Å². The third-order valence-electron chi connectivity index (χ3n) is 5.22. The van der Waals surface area contributed by atoms with Crippen LogP contribution in [0.15, 0.2) is 29.8 Å². The molecule has 0 atom stereocenters. The summed E-state index contributed by atoms with van der Waals surface area (Å²) in [6, 6.07) is 8.53. The second kappa shape index (κ2) is 4.47. The van der Waals surface area contributed by atoms with Crippen LogP contribution in [0.4, 0.5) is 5.69 Å². The second-order valence-corrected chi connectivity index (χ2v) is 6.44. The molecule has 1 aromatic rings. The van der Waals surface area contributed by atoms with Crippen LogP contribution in [0.1, 0.15) is 56.9 Å². The van der Waals surface area contributed by atoms with E-state index in [1.165, 1.54) is 36.1 Å². The van der Waals surface area contributed by atoms with Gasteiger partial charge in [-0.05, 0) is 37.3 Å². The van der Waals surface area contributed by atoms with Crippen molar-refractivity contribution in [3.63, 3.8) is 0 Å². The molecular formula is C18H21NO. The molecule has 0 radical (unpaired) electrons. The fourth-order valence-electron chi connectivity index (χ4n) is 4.37. The molecule has 2 aliphatic carbocycles. The summed E-state index contributed by atoms with van der Waals surface area (Å²) in [6.07, 6.45) is 8.84. The molecule has 0 amide bonds. The van der Waals surface area contributed by atoms with Gasteiger partial charge in [-0.3, -0.25) is 4.79 Å². The summed E-state index contributed by atoms with van der Waals surface area (Å²) in [5.41, 5.74) is 4.94. The average Bonchev–Trinajstić information content (AvgIpc) is 2.48. The zero-order valence-corrected chi connectivity index (χ0v) is 11.9. The van der Waals surface area contributed by atoms with Crippen molar-refractivity contribution in [2.75, 3.05) is 5.32 Å². The minimum Gasteiger partial charge on any atom is -0.375 e.